The molecule has 1 heterocycles. The highest BCUT2D eigenvalue weighted by Gasteiger charge is 2.35. The maximum absolute atomic E-state index is 12.5. The first kappa shape index (κ1) is 18.4. The number of rotatable bonds is 5. The van der Waals surface area contributed by atoms with Gasteiger partial charge in [0.05, 0.1) is 25.7 Å². The van der Waals surface area contributed by atoms with Gasteiger partial charge in [-0.15, -0.1) is 0 Å². The van der Waals surface area contributed by atoms with Crippen molar-refractivity contribution in [3.8, 4) is 5.75 Å². The summed E-state index contributed by atoms with van der Waals surface area (Å²) in [6.45, 7) is 0.290. The molecule has 1 unspecified atom stereocenters. The van der Waals surface area contributed by atoms with Crippen LogP contribution in [0.3, 0.4) is 0 Å². The van der Waals surface area contributed by atoms with Gasteiger partial charge >= 0.3 is 5.97 Å². The van der Waals surface area contributed by atoms with Crippen molar-refractivity contribution in [3.63, 3.8) is 0 Å². The van der Waals surface area contributed by atoms with Crippen LogP contribution in [-0.2, 0) is 14.3 Å². The molecule has 0 spiro atoms. The molecule has 1 N–H and O–H groups in total. The molecule has 3 rings (SSSR count). The fourth-order valence-corrected chi connectivity index (χ4v) is 2.95. The summed E-state index contributed by atoms with van der Waals surface area (Å²) in [6.07, 6.45) is 0.140. The summed E-state index contributed by atoms with van der Waals surface area (Å²) in [4.78, 5) is 37.9. The maximum atomic E-state index is 12.5. The van der Waals surface area contributed by atoms with E-state index >= 15 is 0 Å². The Balaban J connectivity index is 1.65. The van der Waals surface area contributed by atoms with Gasteiger partial charge < -0.3 is 19.7 Å². The van der Waals surface area contributed by atoms with Crippen LogP contribution in [-0.4, -0.2) is 38.5 Å². The SMILES string of the molecule is COC(=O)c1ccc(N2CC(C(=O)Nc3ccc(OC)cc3)CC2=O)cc1. The van der Waals surface area contributed by atoms with Gasteiger partial charge in [0.25, 0.3) is 0 Å². The first-order chi connectivity index (χ1) is 13.0. The molecule has 1 aliphatic heterocycles. The Labute approximate surface area is 156 Å². The van der Waals surface area contributed by atoms with Crippen LogP contribution in [0.2, 0.25) is 0 Å². The molecular weight excluding hydrogens is 348 g/mol. The third-order valence-corrected chi connectivity index (χ3v) is 4.45. The highest BCUT2D eigenvalue weighted by molar-refractivity contribution is 6.03. The molecule has 2 aromatic rings. The van der Waals surface area contributed by atoms with E-state index < -0.39 is 11.9 Å². The van der Waals surface area contributed by atoms with Crippen LogP contribution in [0.25, 0.3) is 0 Å². The van der Waals surface area contributed by atoms with Crippen molar-refractivity contribution < 1.29 is 23.9 Å². The lowest BCUT2D eigenvalue weighted by molar-refractivity contribution is -0.122. The second-order valence-electron chi connectivity index (χ2n) is 6.16. The number of nitrogens with one attached hydrogen (secondary N) is 1. The van der Waals surface area contributed by atoms with E-state index in [-0.39, 0.29) is 18.2 Å². The predicted molar refractivity (Wildman–Crippen MR) is 99.9 cm³/mol. The Kier molecular flexibility index (Phi) is 5.40. The van der Waals surface area contributed by atoms with Gasteiger partial charge in [-0.2, -0.15) is 0 Å². The van der Waals surface area contributed by atoms with Crippen molar-refractivity contribution >= 4 is 29.2 Å². The van der Waals surface area contributed by atoms with E-state index in [0.29, 0.717) is 29.2 Å². The van der Waals surface area contributed by atoms with Gasteiger partial charge in [0.2, 0.25) is 11.8 Å². The van der Waals surface area contributed by atoms with Crippen molar-refractivity contribution in [2.75, 3.05) is 31.0 Å². The second kappa shape index (κ2) is 7.90. The van der Waals surface area contributed by atoms with Crippen LogP contribution in [0.1, 0.15) is 16.8 Å². The van der Waals surface area contributed by atoms with Crippen molar-refractivity contribution in [2.24, 2.45) is 5.92 Å². The van der Waals surface area contributed by atoms with Crippen molar-refractivity contribution in [3.05, 3.63) is 54.1 Å². The van der Waals surface area contributed by atoms with E-state index in [0.717, 1.165) is 0 Å². The van der Waals surface area contributed by atoms with Crippen molar-refractivity contribution in [1.82, 2.24) is 0 Å². The summed E-state index contributed by atoms with van der Waals surface area (Å²) in [6, 6.07) is 13.5. The smallest absolute Gasteiger partial charge is 0.337 e. The topological polar surface area (TPSA) is 84.9 Å². The van der Waals surface area contributed by atoms with Crippen LogP contribution in [0.15, 0.2) is 48.5 Å². The molecule has 1 atom stereocenters. The number of anilines is 2. The Morgan fingerprint density at radius 3 is 2.30 bits per heavy atom. The number of hydrogen-bond donors (Lipinski definition) is 1. The standard InChI is InChI=1S/C20H20N2O5/c1-26-17-9-5-15(6-10-17)21-19(24)14-11-18(23)22(12-14)16-7-3-13(4-8-16)20(25)27-2/h3-10,14H,11-12H2,1-2H3,(H,21,24). The van der Waals surface area contributed by atoms with E-state index in [1.165, 1.54) is 7.11 Å². The van der Waals surface area contributed by atoms with Crippen LogP contribution < -0.4 is 15.0 Å². The van der Waals surface area contributed by atoms with Gasteiger partial charge in [-0.25, -0.2) is 4.79 Å². The zero-order chi connectivity index (χ0) is 19.4. The zero-order valence-corrected chi connectivity index (χ0v) is 15.1. The third kappa shape index (κ3) is 4.08. The average molecular weight is 368 g/mol. The normalized spacial score (nSPS) is 16.1. The lowest BCUT2D eigenvalue weighted by Gasteiger charge is -2.17. The highest BCUT2D eigenvalue weighted by atomic mass is 16.5. The van der Waals surface area contributed by atoms with Crippen LogP contribution in [0.4, 0.5) is 11.4 Å². The number of nitrogens with zero attached hydrogens (tertiary/aromatic N) is 1. The van der Waals surface area contributed by atoms with Crippen molar-refractivity contribution in [1.29, 1.82) is 0 Å². The summed E-state index contributed by atoms with van der Waals surface area (Å²) in [5.74, 6) is -0.519. The molecular formula is C20H20N2O5. The summed E-state index contributed by atoms with van der Waals surface area (Å²) in [5.41, 5.74) is 1.70. The molecule has 1 saturated heterocycles. The Hall–Kier alpha value is -3.35. The Morgan fingerprint density at radius 2 is 1.70 bits per heavy atom. The zero-order valence-electron chi connectivity index (χ0n) is 15.1. The van der Waals surface area contributed by atoms with Gasteiger partial charge in [0.1, 0.15) is 5.75 Å². The molecule has 2 amide bonds. The summed E-state index contributed by atoms with van der Waals surface area (Å²) < 4.78 is 9.75. The number of hydrogen-bond acceptors (Lipinski definition) is 5. The van der Waals surface area contributed by atoms with Crippen LogP contribution in [0.5, 0.6) is 5.75 Å². The number of methoxy groups -OCH3 is 2. The monoisotopic (exact) mass is 368 g/mol. The molecule has 140 valence electrons. The highest BCUT2D eigenvalue weighted by Crippen LogP contribution is 2.27. The number of amides is 2. The molecule has 1 fully saturated rings. The minimum Gasteiger partial charge on any atom is -0.497 e. The second-order valence-corrected chi connectivity index (χ2v) is 6.16. The van der Waals surface area contributed by atoms with Gasteiger partial charge in [-0.1, -0.05) is 0 Å². The van der Waals surface area contributed by atoms with Gasteiger partial charge in [0.15, 0.2) is 0 Å². The number of carbonyl (C=O) groups is 3. The van der Waals surface area contributed by atoms with Crippen molar-refractivity contribution in [2.45, 2.75) is 6.42 Å². The molecule has 1 aliphatic rings. The molecule has 0 aliphatic carbocycles. The molecule has 7 nitrogen and oxygen atoms in total. The largest absolute Gasteiger partial charge is 0.497 e. The predicted octanol–water partition coefficient (Wildman–Crippen LogP) is 2.47. The Morgan fingerprint density at radius 1 is 1.04 bits per heavy atom. The lowest BCUT2D eigenvalue weighted by atomic mass is 10.1. The minimum atomic E-state index is -0.445. The first-order valence-corrected chi connectivity index (χ1v) is 8.45. The molecule has 27 heavy (non-hydrogen) atoms. The Bertz CT molecular complexity index is 846. The molecule has 0 radical (unpaired) electrons. The molecule has 0 bridgehead atoms. The maximum Gasteiger partial charge on any atom is 0.337 e. The van der Waals surface area contributed by atoms with Gasteiger partial charge in [0, 0.05) is 24.3 Å². The van der Waals surface area contributed by atoms with Gasteiger partial charge in [-0.3, -0.25) is 9.59 Å². The molecule has 0 saturated carbocycles. The van der Waals surface area contributed by atoms with E-state index in [4.69, 9.17) is 4.74 Å². The number of ether oxygens (including phenoxy) is 2. The summed E-state index contributed by atoms with van der Waals surface area (Å²) in [5, 5.41) is 2.82. The fraction of sp³-hybridized carbons (Fsp3) is 0.250. The van der Waals surface area contributed by atoms with E-state index in [1.807, 2.05) is 0 Å². The van der Waals surface area contributed by atoms with E-state index in [2.05, 4.69) is 10.1 Å². The minimum absolute atomic E-state index is 0.129. The number of esters is 1. The van der Waals surface area contributed by atoms with Crippen LogP contribution >= 0.6 is 0 Å². The first-order valence-electron chi connectivity index (χ1n) is 8.45. The van der Waals surface area contributed by atoms with Gasteiger partial charge in [-0.05, 0) is 48.5 Å². The summed E-state index contributed by atoms with van der Waals surface area (Å²) >= 11 is 0. The fourth-order valence-electron chi connectivity index (χ4n) is 2.95. The molecule has 2 aromatic carbocycles. The average Bonchev–Trinajstić information content (AvgIpc) is 3.10. The van der Waals surface area contributed by atoms with Crippen LogP contribution in [0, 0.1) is 5.92 Å². The van der Waals surface area contributed by atoms with E-state index in [1.54, 1.807) is 60.5 Å². The number of carbonyl (C=O) groups excluding carboxylic acids is 3. The lowest BCUT2D eigenvalue weighted by Crippen LogP contribution is -2.28. The summed E-state index contributed by atoms with van der Waals surface area (Å²) in [7, 11) is 2.89. The molecule has 7 heteroatoms. The molecule has 0 aromatic heterocycles. The van der Waals surface area contributed by atoms with E-state index in [9.17, 15) is 14.4 Å². The third-order valence-electron chi connectivity index (χ3n) is 4.45. The quantitative estimate of drug-likeness (QED) is 0.820. The number of benzene rings is 2.